The molecule has 2 rings (SSSR count). The highest BCUT2D eigenvalue weighted by Crippen LogP contribution is 2.27. The van der Waals surface area contributed by atoms with Gasteiger partial charge < -0.3 is 15.0 Å². The van der Waals surface area contributed by atoms with Crippen LogP contribution in [0.25, 0.3) is 0 Å². The number of benzene rings is 1. The number of thioether (sulfide) groups is 1. The summed E-state index contributed by atoms with van der Waals surface area (Å²) in [5.41, 5.74) is 1.89. The normalized spacial score (nSPS) is 17.1. The third kappa shape index (κ3) is 5.13. The zero-order chi connectivity index (χ0) is 20.7. The first-order valence-electron chi connectivity index (χ1n) is 9.20. The van der Waals surface area contributed by atoms with Crippen LogP contribution in [0.5, 0.6) is 5.75 Å². The molecule has 2 atom stereocenters. The molecule has 1 heterocycles. The third-order valence-corrected chi connectivity index (χ3v) is 5.45. The molecule has 0 aliphatic carbocycles. The molecule has 1 unspecified atom stereocenters. The van der Waals surface area contributed by atoms with Gasteiger partial charge >= 0.3 is 5.97 Å². The van der Waals surface area contributed by atoms with Gasteiger partial charge in [0.1, 0.15) is 24.1 Å². The summed E-state index contributed by atoms with van der Waals surface area (Å²) in [6.45, 7) is 4.00. The van der Waals surface area contributed by atoms with Crippen molar-refractivity contribution in [2.45, 2.75) is 45.2 Å². The van der Waals surface area contributed by atoms with Crippen LogP contribution in [0.3, 0.4) is 0 Å². The molecule has 28 heavy (non-hydrogen) atoms. The second kappa shape index (κ2) is 10.3. The quantitative estimate of drug-likeness (QED) is 0.382. The molecule has 8 heteroatoms. The van der Waals surface area contributed by atoms with E-state index in [-0.39, 0.29) is 5.91 Å². The number of likely N-dealkylation sites (tertiary alicyclic amines) is 1. The average Bonchev–Trinajstić information content (AvgIpc) is 3.17. The molecule has 0 saturated carbocycles. The highest BCUT2D eigenvalue weighted by molar-refractivity contribution is 7.98. The fourth-order valence-electron chi connectivity index (χ4n) is 3.45. The Kier molecular flexibility index (Phi) is 8.04. The van der Waals surface area contributed by atoms with Crippen LogP contribution in [0, 0.1) is 13.8 Å². The molecule has 1 aromatic carbocycles. The largest absolute Gasteiger partial charge is 0.424 e. The molecule has 0 bridgehead atoms. The molecule has 1 saturated heterocycles. The number of carbonyl (C=O) groups is 4. The standard InChI is InChI=1S/C20H26N2O5S/c1-13-9-15(11-23)10-14(2)18(13)27-20(26)17-5-4-7-22(17)19(25)16(21-12-24)6-8-28-3/h9-12,16-17H,4-8H2,1-3H3,(H,21,24)/t16?,17-/m0/s1. The summed E-state index contributed by atoms with van der Waals surface area (Å²) in [4.78, 5) is 49.0. The Morgan fingerprint density at radius 2 is 2.00 bits per heavy atom. The summed E-state index contributed by atoms with van der Waals surface area (Å²) in [6.07, 6.45) is 4.92. The van der Waals surface area contributed by atoms with Crippen molar-refractivity contribution in [1.29, 1.82) is 0 Å². The Balaban J connectivity index is 2.15. The summed E-state index contributed by atoms with van der Waals surface area (Å²) < 4.78 is 5.62. The Labute approximate surface area is 169 Å². The fourth-order valence-corrected chi connectivity index (χ4v) is 3.92. The van der Waals surface area contributed by atoms with Gasteiger partial charge in [0.05, 0.1) is 0 Å². The molecule has 0 spiro atoms. The van der Waals surface area contributed by atoms with Crippen molar-refractivity contribution in [3.63, 3.8) is 0 Å². The Morgan fingerprint density at radius 1 is 1.32 bits per heavy atom. The highest BCUT2D eigenvalue weighted by atomic mass is 32.2. The molecule has 1 fully saturated rings. The average molecular weight is 407 g/mol. The van der Waals surface area contributed by atoms with Gasteiger partial charge in [-0.2, -0.15) is 11.8 Å². The Hall–Kier alpha value is -2.35. The molecule has 7 nitrogen and oxygen atoms in total. The van der Waals surface area contributed by atoms with Gasteiger partial charge in [-0.15, -0.1) is 0 Å². The molecule has 1 aliphatic rings. The van der Waals surface area contributed by atoms with E-state index in [1.165, 1.54) is 4.90 Å². The summed E-state index contributed by atoms with van der Waals surface area (Å²) >= 11 is 1.59. The number of nitrogens with one attached hydrogen (secondary N) is 1. The SMILES string of the molecule is CSCCC(NC=O)C(=O)N1CCC[C@H]1C(=O)Oc1c(C)cc(C=O)cc1C. The van der Waals surface area contributed by atoms with Crippen LogP contribution < -0.4 is 10.1 Å². The number of carbonyl (C=O) groups excluding carboxylic acids is 4. The van der Waals surface area contributed by atoms with Crippen LogP contribution in [0.15, 0.2) is 12.1 Å². The maximum Gasteiger partial charge on any atom is 0.334 e. The van der Waals surface area contributed by atoms with Gasteiger partial charge in [-0.05, 0) is 68.4 Å². The van der Waals surface area contributed by atoms with Crippen LogP contribution in [0.1, 0.15) is 40.7 Å². The number of nitrogens with zero attached hydrogens (tertiary/aromatic N) is 1. The second-order valence-electron chi connectivity index (χ2n) is 6.83. The topological polar surface area (TPSA) is 92.8 Å². The van der Waals surface area contributed by atoms with E-state index in [4.69, 9.17) is 4.74 Å². The number of hydrogen-bond acceptors (Lipinski definition) is 6. The van der Waals surface area contributed by atoms with Crippen LogP contribution in [-0.2, 0) is 14.4 Å². The van der Waals surface area contributed by atoms with E-state index in [1.54, 1.807) is 37.7 Å². The Bertz CT molecular complexity index is 729. The number of aryl methyl sites for hydroxylation is 2. The summed E-state index contributed by atoms with van der Waals surface area (Å²) in [6, 6.07) is 2.00. The Morgan fingerprint density at radius 3 is 2.57 bits per heavy atom. The molecular formula is C20H26N2O5S. The third-order valence-electron chi connectivity index (χ3n) is 4.81. The lowest BCUT2D eigenvalue weighted by atomic mass is 10.1. The predicted molar refractivity (Wildman–Crippen MR) is 108 cm³/mol. The van der Waals surface area contributed by atoms with Crippen molar-refractivity contribution >= 4 is 36.3 Å². The smallest absolute Gasteiger partial charge is 0.334 e. The van der Waals surface area contributed by atoms with Crippen LogP contribution in [-0.4, -0.2) is 60.1 Å². The second-order valence-corrected chi connectivity index (χ2v) is 7.82. The maximum absolute atomic E-state index is 12.9. The van der Waals surface area contributed by atoms with E-state index in [0.717, 1.165) is 12.0 Å². The zero-order valence-electron chi connectivity index (χ0n) is 16.4. The lowest BCUT2D eigenvalue weighted by Crippen LogP contribution is -2.51. The van der Waals surface area contributed by atoms with Crippen LogP contribution >= 0.6 is 11.8 Å². The molecule has 1 aromatic rings. The van der Waals surface area contributed by atoms with E-state index < -0.39 is 18.1 Å². The molecule has 2 amide bonds. The molecule has 152 valence electrons. The van der Waals surface area contributed by atoms with Crippen molar-refractivity contribution < 1.29 is 23.9 Å². The summed E-state index contributed by atoms with van der Waals surface area (Å²) in [5.74, 6) is 0.387. The minimum Gasteiger partial charge on any atom is -0.424 e. The monoisotopic (exact) mass is 406 g/mol. The van der Waals surface area contributed by atoms with Gasteiger partial charge in [0.15, 0.2) is 0 Å². The van der Waals surface area contributed by atoms with Gasteiger partial charge in [-0.25, -0.2) is 4.79 Å². The first-order chi connectivity index (χ1) is 13.4. The van der Waals surface area contributed by atoms with Crippen molar-refractivity contribution in [2.24, 2.45) is 0 Å². The van der Waals surface area contributed by atoms with Crippen LogP contribution in [0.2, 0.25) is 0 Å². The zero-order valence-corrected chi connectivity index (χ0v) is 17.2. The minimum absolute atomic E-state index is 0.259. The predicted octanol–water partition coefficient (Wildman–Crippen LogP) is 1.88. The highest BCUT2D eigenvalue weighted by Gasteiger charge is 2.38. The van der Waals surface area contributed by atoms with E-state index in [9.17, 15) is 19.2 Å². The lowest BCUT2D eigenvalue weighted by molar-refractivity contribution is -0.147. The number of esters is 1. The van der Waals surface area contributed by atoms with Gasteiger partial charge in [0, 0.05) is 12.1 Å². The number of amides is 2. The number of hydrogen-bond donors (Lipinski definition) is 1. The van der Waals surface area contributed by atoms with Crippen molar-refractivity contribution in [3.8, 4) is 5.75 Å². The first kappa shape index (κ1) is 21.9. The molecular weight excluding hydrogens is 380 g/mol. The van der Waals surface area contributed by atoms with Crippen LogP contribution in [0.4, 0.5) is 0 Å². The summed E-state index contributed by atoms with van der Waals surface area (Å²) in [7, 11) is 0. The summed E-state index contributed by atoms with van der Waals surface area (Å²) in [5, 5.41) is 2.56. The van der Waals surface area contributed by atoms with Gasteiger partial charge in [0.2, 0.25) is 12.3 Å². The van der Waals surface area contributed by atoms with E-state index in [1.807, 2.05) is 6.26 Å². The fraction of sp³-hybridized carbons (Fsp3) is 0.500. The molecule has 1 N–H and O–H groups in total. The number of rotatable bonds is 9. The van der Waals surface area contributed by atoms with Gasteiger partial charge in [-0.1, -0.05) is 0 Å². The molecule has 0 radical (unpaired) electrons. The van der Waals surface area contributed by atoms with E-state index >= 15 is 0 Å². The van der Waals surface area contributed by atoms with E-state index in [0.29, 0.717) is 54.7 Å². The molecule has 1 aliphatic heterocycles. The van der Waals surface area contributed by atoms with Gasteiger partial charge in [0.25, 0.3) is 0 Å². The van der Waals surface area contributed by atoms with E-state index in [2.05, 4.69) is 5.32 Å². The molecule has 0 aromatic heterocycles. The van der Waals surface area contributed by atoms with Gasteiger partial charge in [-0.3, -0.25) is 14.4 Å². The van der Waals surface area contributed by atoms with Crippen molar-refractivity contribution in [3.05, 3.63) is 28.8 Å². The number of aldehydes is 1. The van der Waals surface area contributed by atoms with Crippen molar-refractivity contribution in [1.82, 2.24) is 10.2 Å². The number of ether oxygens (including phenoxy) is 1. The maximum atomic E-state index is 12.9. The first-order valence-corrected chi connectivity index (χ1v) is 10.6. The van der Waals surface area contributed by atoms with Crippen molar-refractivity contribution in [2.75, 3.05) is 18.6 Å². The lowest BCUT2D eigenvalue weighted by Gasteiger charge is -2.27. The minimum atomic E-state index is -0.678.